The van der Waals surface area contributed by atoms with Gasteiger partial charge in [-0.1, -0.05) is 23.2 Å². The number of carbonyl (C=O) groups is 1. The van der Waals surface area contributed by atoms with Gasteiger partial charge in [0.05, 0.1) is 10.0 Å². The number of nitrogens with zero attached hydrogens (tertiary/aromatic N) is 1. The molecule has 0 aliphatic heterocycles. The van der Waals surface area contributed by atoms with Gasteiger partial charge in [0, 0.05) is 31.5 Å². The number of hydrogen-bond donors (Lipinski definition) is 1. The van der Waals surface area contributed by atoms with E-state index in [1.807, 2.05) is 30.1 Å². The lowest BCUT2D eigenvalue weighted by Crippen LogP contribution is -2.22. The first-order chi connectivity index (χ1) is 8.56. The zero-order chi connectivity index (χ0) is 13.1. The van der Waals surface area contributed by atoms with E-state index in [0.717, 1.165) is 5.56 Å². The van der Waals surface area contributed by atoms with Gasteiger partial charge in [-0.05, 0) is 29.8 Å². The van der Waals surface area contributed by atoms with Crippen LogP contribution in [0.4, 0.5) is 0 Å². The van der Waals surface area contributed by atoms with Crippen LogP contribution < -0.4 is 5.32 Å². The van der Waals surface area contributed by atoms with E-state index in [-0.39, 0.29) is 5.91 Å². The number of nitrogens with one attached hydrogen (secondary N) is 1. The van der Waals surface area contributed by atoms with E-state index in [1.165, 1.54) is 0 Å². The van der Waals surface area contributed by atoms with Crippen LogP contribution in [-0.2, 0) is 13.6 Å². The molecule has 1 amide bonds. The van der Waals surface area contributed by atoms with E-state index in [4.69, 9.17) is 23.2 Å². The molecule has 0 unspecified atom stereocenters. The van der Waals surface area contributed by atoms with Crippen LogP contribution in [0.15, 0.2) is 36.7 Å². The molecule has 0 fully saturated rings. The molecule has 0 saturated heterocycles. The van der Waals surface area contributed by atoms with Crippen molar-refractivity contribution < 1.29 is 4.79 Å². The van der Waals surface area contributed by atoms with Crippen molar-refractivity contribution >= 4 is 29.1 Å². The van der Waals surface area contributed by atoms with Crippen LogP contribution in [0, 0.1) is 0 Å². The summed E-state index contributed by atoms with van der Waals surface area (Å²) in [5, 5.41) is 3.64. The van der Waals surface area contributed by atoms with Crippen LogP contribution in [0.1, 0.15) is 15.9 Å². The third-order valence-electron chi connectivity index (χ3n) is 2.53. The summed E-state index contributed by atoms with van der Waals surface area (Å²) in [6, 6.07) is 6.77. The van der Waals surface area contributed by atoms with Gasteiger partial charge in [0.1, 0.15) is 0 Å². The van der Waals surface area contributed by atoms with Gasteiger partial charge in [-0.15, -0.1) is 0 Å². The molecule has 0 aliphatic carbocycles. The van der Waals surface area contributed by atoms with E-state index in [2.05, 4.69) is 5.32 Å². The first-order valence-electron chi connectivity index (χ1n) is 5.40. The highest BCUT2D eigenvalue weighted by atomic mass is 35.5. The normalized spacial score (nSPS) is 10.4. The van der Waals surface area contributed by atoms with Gasteiger partial charge in [-0.3, -0.25) is 4.79 Å². The fourth-order valence-corrected chi connectivity index (χ4v) is 1.89. The quantitative estimate of drug-likeness (QED) is 0.921. The number of aromatic nitrogens is 1. The summed E-state index contributed by atoms with van der Waals surface area (Å²) in [7, 11) is 1.93. The van der Waals surface area contributed by atoms with Crippen LogP contribution in [0.2, 0.25) is 10.0 Å². The minimum absolute atomic E-state index is 0.169. The van der Waals surface area contributed by atoms with Gasteiger partial charge in [0.15, 0.2) is 0 Å². The lowest BCUT2D eigenvalue weighted by molar-refractivity contribution is 0.0951. The Hall–Kier alpha value is -1.45. The van der Waals surface area contributed by atoms with E-state index in [9.17, 15) is 4.79 Å². The van der Waals surface area contributed by atoms with Crippen LogP contribution in [-0.4, -0.2) is 10.5 Å². The predicted octanol–water partition coefficient (Wildman–Crippen LogP) is 3.26. The highest BCUT2D eigenvalue weighted by molar-refractivity contribution is 6.42. The van der Waals surface area contributed by atoms with Crippen molar-refractivity contribution in [3.63, 3.8) is 0 Å². The molecule has 0 atom stereocenters. The van der Waals surface area contributed by atoms with Crippen molar-refractivity contribution in [3.05, 3.63) is 57.8 Å². The number of carbonyl (C=O) groups excluding carboxylic acids is 1. The topological polar surface area (TPSA) is 34.0 Å². The molecule has 5 heteroatoms. The Morgan fingerprint density at radius 1 is 1.28 bits per heavy atom. The van der Waals surface area contributed by atoms with Crippen molar-refractivity contribution in [1.29, 1.82) is 0 Å². The summed E-state index contributed by atoms with van der Waals surface area (Å²) < 4.78 is 1.93. The van der Waals surface area contributed by atoms with Gasteiger partial charge in [-0.25, -0.2) is 0 Å². The Balaban J connectivity index is 2.01. The van der Waals surface area contributed by atoms with Gasteiger partial charge in [0.25, 0.3) is 5.91 Å². The predicted molar refractivity (Wildman–Crippen MR) is 73.0 cm³/mol. The summed E-state index contributed by atoms with van der Waals surface area (Å²) >= 11 is 11.7. The van der Waals surface area contributed by atoms with E-state index < -0.39 is 0 Å². The van der Waals surface area contributed by atoms with Gasteiger partial charge >= 0.3 is 0 Å². The lowest BCUT2D eigenvalue weighted by atomic mass is 10.2. The number of benzene rings is 1. The maximum atomic E-state index is 11.9. The van der Waals surface area contributed by atoms with Gasteiger partial charge in [-0.2, -0.15) is 0 Å². The number of halogens is 2. The summed E-state index contributed by atoms with van der Waals surface area (Å²) in [5.74, 6) is -0.169. The Bertz CT molecular complexity index is 578. The Morgan fingerprint density at radius 3 is 2.67 bits per heavy atom. The Morgan fingerprint density at radius 2 is 2.06 bits per heavy atom. The molecule has 0 bridgehead atoms. The summed E-state index contributed by atoms with van der Waals surface area (Å²) in [4.78, 5) is 11.9. The van der Waals surface area contributed by atoms with Crippen molar-refractivity contribution in [3.8, 4) is 0 Å². The maximum absolute atomic E-state index is 11.9. The number of aryl methyl sites for hydroxylation is 1. The lowest BCUT2D eigenvalue weighted by Gasteiger charge is -2.05. The molecule has 3 nitrogen and oxygen atoms in total. The smallest absolute Gasteiger partial charge is 0.251 e. The molecule has 0 aliphatic rings. The standard InChI is InChI=1S/C13H12Cl2N2O/c1-17-5-4-9(8-17)7-16-13(18)10-2-3-11(14)12(15)6-10/h2-6,8H,7H2,1H3,(H,16,18). The third-order valence-corrected chi connectivity index (χ3v) is 3.27. The maximum Gasteiger partial charge on any atom is 0.251 e. The number of amides is 1. The highest BCUT2D eigenvalue weighted by Crippen LogP contribution is 2.22. The molecule has 1 aromatic heterocycles. The van der Waals surface area contributed by atoms with Crippen LogP contribution in [0.5, 0.6) is 0 Å². The molecule has 0 radical (unpaired) electrons. The third kappa shape index (κ3) is 3.06. The zero-order valence-corrected chi connectivity index (χ0v) is 11.3. The SMILES string of the molecule is Cn1ccc(CNC(=O)c2ccc(Cl)c(Cl)c2)c1. The molecule has 2 rings (SSSR count). The molecular weight excluding hydrogens is 271 g/mol. The van der Waals surface area contributed by atoms with Crippen LogP contribution in [0.25, 0.3) is 0 Å². The molecule has 94 valence electrons. The average molecular weight is 283 g/mol. The second kappa shape index (κ2) is 5.46. The van der Waals surface area contributed by atoms with Gasteiger partial charge < -0.3 is 9.88 Å². The molecule has 1 aromatic carbocycles. The molecule has 0 spiro atoms. The summed E-state index contributed by atoms with van der Waals surface area (Å²) in [5.41, 5.74) is 1.55. The fourth-order valence-electron chi connectivity index (χ4n) is 1.59. The monoisotopic (exact) mass is 282 g/mol. The highest BCUT2D eigenvalue weighted by Gasteiger charge is 2.07. The van der Waals surface area contributed by atoms with Crippen LogP contribution >= 0.6 is 23.2 Å². The van der Waals surface area contributed by atoms with Crippen molar-refractivity contribution in [2.45, 2.75) is 6.54 Å². The molecule has 1 heterocycles. The Labute approximate surface area is 115 Å². The van der Waals surface area contributed by atoms with Crippen molar-refractivity contribution in [1.82, 2.24) is 9.88 Å². The van der Waals surface area contributed by atoms with E-state index in [1.54, 1.807) is 18.2 Å². The zero-order valence-electron chi connectivity index (χ0n) is 9.78. The summed E-state index contributed by atoms with van der Waals surface area (Å²) in [6.07, 6.45) is 3.88. The fraction of sp³-hybridized carbons (Fsp3) is 0.154. The second-order valence-corrected chi connectivity index (χ2v) is 4.81. The first kappa shape index (κ1) is 13.0. The Kier molecular flexibility index (Phi) is 3.94. The van der Waals surface area contributed by atoms with E-state index >= 15 is 0 Å². The average Bonchev–Trinajstić information content (AvgIpc) is 2.75. The van der Waals surface area contributed by atoms with Crippen LogP contribution in [0.3, 0.4) is 0 Å². The van der Waals surface area contributed by atoms with Crippen molar-refractivity contribution in [2.75, 3.05) is 0 Å². The molecule has 1 N–H and O–H groups in total. The minimum Gasteiger partial charge on any atom is -0.357 e. The largest absolute Gasteiger partial charge is 0.357 e. The van der Waals surface area contributed by atoms with Gasteiger partial charge in [0.2, 0.25) is 0 Å². The molecule has 18 heavy (non-hydrogen) atoms. The van der Waals surface area contributed by atoms with E-state index in [0.29, 0.717) is 22.2 Å². The first-order valence-corrected chi connectivity index (χ1v) is 6.16. The van der Waals surface area contributed by atoms with Crippen molar-refractivity contribution in [2.24, 2.45) is 7.05 Å². The molecule has 2 aromatic rings. The number of rotatable bonds is 3. The second-order valence-electron chi connectivity index (χ2n) is 4.00. The molecular formula is C13H12Cl2N2O. The number of hydrogen-bond acceptors (Lipinski definition) is 1. The molecule has 0 saturated carbocycles. The minimum atomic E-state index is -0.169. The summed E-state index contributed by atoms with van der Waals surface area (Å²) in [6.45, 7) is 0.486.